The maximum Gasteiger partial charge on any atom is 0.460 e. The minimum atomic E-state index is -9.09. The SMILES string of the molecule is O=P(c1ccc(CCC(F)(F)C(F)(F)C(F)(F)C(F)(F)C(F)(F)C(F)(F)C(F)(F)C(F)(F)F)cc1)(c1ccc(CCC(F)(F)C(F)(F)C(F)(F)C(F)(F)C(F)(F)C(F)(F)C(F)(F)C(F)(F)F)cc1)c1ccc(CCC(F)(F)C(F)(F)C(F)(F)C(F)(F)C(F)(F)C(F)(F)C(F)(F)C(F)(F)F)cc1. The van der Waals surface area contributed by atoms with E-state index in [9.17, 15) is 224 Å². The number of halogens is 51. The highest BCUT2D eigenvalue weighted by molar-refractivity contribution is 7.85. The first kappa shape index (κ1) is 89.5. The van der Waals surface area contributed by atoms with Crippen molar-refractivity contribution in [2.75, 3.05) is 0 Å². The lowest BCUT2D eigenvalue weighted by Crippen LogP contribution is -2.74. The molecule has 0 unspecified atom stereocenters. The molecule has 0 amide bonds. The van der Waals surface area contributed by atoms with Crippen molar-refractivity contribution in [3.8, 4) is 0 Å². The summed E-state index contributed by atoms with van der Waals surface area (Å²) < 4.78 is 720. The minimum Gasteiger partial charge on any atom is -0.309 e. The van der Waals surface area contributed by atoms with E-state index >= 15 is 4.57 Å². The number of benzene rings is 3. The number of hydrogen-bond donors (Lipinski definition) is 0. The van der Waals surface area contributed by atoms with Gasteiger partial charge in [-0.05, 0) is 36.0 Å². The van der Waals surface area contributed by atoms with E-state index in [1.54, 1.807) is 0 Å². The molecule has 0 heterocycles. The van der Waals surface area contributed by atoms with Gasteiger partial charge in [-0.25, -0.2) is 0 Å². The molecule has 0 saturated carbocycles. The van der Waals surface area contributed by atoms with Gasteiger partial charge in [0.05, 0.1) is 0 Å². The second-order valence-corrected chi connectivity index (χ2v) is 23.8. The molecule has 3 aromatic rings. The molecule has 0 saturated heterocycles. The summed E-state index contributed by atoms with van der Waals surface area (Å²) in [5.74, 6) is -180. The van der Waals surface area contributed by atoms with E-state index in [1.165, 1.54) is 0 Å². The van der Waals surface area contributed by atoms with Gasteiger partial charge < -0.3 is 4.57 Å². The van der Waals surface area contributed by atoms with Crippen LogP contribution in [0.25, 0.3) is 0 Å². The largest absolute Gasteiger partial charge is 0.460 e. The zero-order valence-electron chi connectivity index (χ0n) is 46.3. The van der Waals surface area contributed by atoms with Crippen molar-refractivity contribution in [1.29, 1.82) is 0 Å². The van der Waals surface area contributed by atoms with Crippen molar-refractivity contribution < 1.29 is 228 Å². The van der Waals surface area contributed by atoms with Crippen LogP contribution >= 0.6 is 7.14 Å². The summed E-state index contributed by atoms with van der Waals surface area (Å²) in [4.78, 5) is 0. The third-order valence-corrected chi connectivity index (χ3v) is 17.5. The Morgan fingerprint density at radius 2 is 0.297 bits per heavy atom. The first-order valence-corrected chi connectivity index (χ1v) is 26.5. The van der Waals surface area contributed by atoms with Gasteiger partial charge in [0.25, 0.3) is 0 Å². The zero-order chi connectivity index (χ0) is 80.7. The topological polar surface area (TPSA) is 17.1 Å². The molecular weight excluding hydrogens is 1590 g/mol. The molecule has 0 aromatic heterocycles. The Morgan fingerprint density at radius 3 is 0.426 bits per heavy atom. The molecule has 0 aliphatic heterocycles. The van der Waals surface area contributed by atoms with Gasteiger partial charge in [0.2, 0.25) is 0 Å². The Balaban J connectivity index is 2.21. The molecule has 3 rings (SSSR count). The lowest BCUT2D eigenvalue weighted by atomic mass is 9.87. The maximum atomic E-state index is 15.1. The molecule has 53 heteroatoms. The Labute approximate surface area is 522 Å². The fourth-order valence-electron chi connectivity index (χ4n) is 8.03. The predicted octanol–water partition coefficient (Wildman–Crippen LogP) is 21.2. The Bertz CT molecular complexity index is 3060. The van der Waals surface area contributed by atoms with E-state index in [2.05, 4.69) is 0 Å². The quantitative estimate of drug-likeness (QED) is 0.0480. The van der Waals surface area contributed by atoms with Gasteiger partial charge in [0, 0.05) is 35.2 Å². The highest BCUT2D eigenvalue weighted by atomic mass is 31.2. The average molecular weight is 1620 g/mol. The van der Waals surface area contributed by atoms with E-state index in [4.69, 9.17) is 0 Å². The molecule has 3 aromatic carbocycles. The van der Waals surface area contributed by atoms with Crippen molar-refractivity contribution in [2.45, 2.75) is 181 Å². The molecule has 0 bridgehead atoms. The second kappa shape index (κ2) is 25.3. The Kier molecular flexibility index (Phi) is 22.4. The number of aryl methyl sites for hydroxylation is 3. The fraction of sp³-hybridized carbons (Fsp3) is 0.625. The van der Waals surface area contributed by atoms with Crippen LogP contribution in [0, 0.1) is 0 Å². The number of rotatable bonds is 30. The lowest BCUT2D eigenvalue weighted by molar-refractivity contribution is -0.461. The van der Waals surface area contributed by atoms with E-state index in [0.29, 0.717) is 0 Å². The molecule has 0 aliphatic rings. The van der Waals surface area contributed by atoms with Crippen LogP contribution in [-0.4, -0.2) is 143 Å². The van der Waals surface area contributed by atoms with Crippen LogP contribution in [-0.2, 0) is 23.8 Å². The van der Waals surface area contributed by atoms with Crippen LogP contribution in [0.15, 0.2) is 72.8 Å². The molecule has 0 spiro atoms. The van der Waals surface area contributed by atoms with Crippen molar-refractivity contribution in [3.63, 3.8) is 0 Å². The van der Waals surface area contributed by atoms with Crippen molar-refractivity contribution in [2.24, 2.45) is 0 Å². The molecule has 101 heavy (non-hydrogen) atoms. The zero-order valence-corrected chi connectivity index (χ0v) is 47.2. The summed E-state index contributed by atoms with van der Waals surface area (Å²) in [5.41, 5.74) is -3.64. The highest BCUT2D eigenvalue weighted by Crippen LogP contribution is 2.69. The average Bonchev–Trinajstić information content (AvgIpc) is 0.706. The van der Waals surface area contributed by atoms with Gasteiger partial charge in [-0.3, -0.25) is 0 Å². The van der Waals surface area contributed by atoms with Gasteiger partial charge in [0.1, 0.15) is 0 Å². The van der Waals surface area contributed by atoms with Crippen molar-refractivity contribution in [3.05, 3.63) is 89.5 Å². The molecule has 0 fully saturated rings. The summed E-state index contributed by atoms with van der Waals surface area (Å²) in [6, 6.07) is 1.53. The molecule has 1 nitrogen and oxygen atoms in total. The summed E-state index contributed by atoms with van der Waals surface area (Å²) in [6.45, 7) is 0. The van der Waals surface area contributed by atoms with Crippen LogP contribution in [0.3, 0.4) is 0 Å². The van der Waals surface area contributed by atoms with E-state index in [-0.39, 0.29) is 72.8 Å². The Hall–Kier alpha value is -5.68. The first-order valence-electron chi connectivity index (χ1n) is 24.8. The van der Waals surface area contributed by atoms with Crippen molar-refractivity contribution >= 4 is 23.1 Å². The lowest BCUT2D eigenvalue weighted by Gasteiger charge is -2.42. The standard InChI is InChI=1S/C48H24F51OP/c49-25(50,28(55,56)31(61,62)34(67,68)37(73,74)40(79,80)43(85,86)46(91,92)93)16-13-19-1-7-22(8-2-19)101(100,23-9-3-20(4-10-23)14-17-26(51,52)29(57,58)32(63,64)35(69,70)38(75,76)41(81,82)44(87,88)47(94,95)96)24-11-5-21(6-12-24)15-18-27(53,54)30(59,60)33(65,66)36(71,72)39(77,78)42(83,84)45(89,90)48(97,98)99/h1-12H,13-18H2. The summed E-state index contributed by atoms with van der Waals surface area (Å²) in [5, 5.41) is -3.42. The van der Waals surface area contributed by atoms with Gasteiger partial charge >= 0.3 is 143 Å². The van der Waals surface area contributed by atoms with Gasteiger partial charge in [-0.2, -0.15) is 224 Å². The summed E-state index contributed by atoms with van der Waals surface area (Å²) in [7, 11) is -5.47. The first-order chi connectivity index (χ1) is 43.8. The van der Waals surface area contributed by atoms with Gasteiger partial charge in [-0.15, -0.1) is 0 Å². The third-order valence-electron chi connectivity index (χ3n) is 14.4. The Morgan fingerprint density at radius 1 is 0.178 bits per heavy atom. The van der Waals surface area contributed by atoms with Crippen LogP contribution < -0.4 is 15.9 Å². The number of alkyl halides is 51. The maximum absolute atomic E-state index is 15.1. The van der Waals surface area contributed by atoms with Crippen LogP contribution in [0.2, 0.25) is 0 Å². The third kappa shape index (κ3) is 12.9. The highest BCUT2D eigenvalue weighted by Gasteiger charge is 2.98. The van der Waals surface area contributed by atoms with Crippen LogP contribution in [0.5, 0.6) is 0 Å². The normalized spacial score (nSPS) is 16.1. The van der Waals surface area contributed by atoms with E-state index in [0.717, 1.165) is 0 Å². The van der Waals surface area contributed by atoms with E-state index < -0.39 is 221 Å². The van der Waals surface area contributed by atoms with Crippen LogP contribution in [0.1, 0.15) is 36.0 Å². The molecule has 584 valence electrons. The second-order valence-electron chi connectivity index (χ2n) is 21.1. The van der Waals surface area contributed by atoms with Gasteiger partial charge in [0.15, 0.2) is 7.14 Å². The van der Waals surface area contributed by atoms with Crippen molar-refractivity contribution in [1.82, 2.24) is 0 Å². The molecule has 0 radical (unpaired) electrons. The fourth-order valence-corrected chi connectivity index (χ4v) is 10.6. The molecule has 0 N–H and O–H groups in total. The minimum absolute atomic E-state index is 0.0977. The van der Waals surface area contributed by atoms with Gasteiger partial charge in [-0.1, -0.05) is 72.8 Å². The van der Waals surface area contributed by atoms with Crippen LogP contribution in [0.4, 0.5) is 224 Å². The summed E-state index contributed by atoms with van der Waals surface area (Å²) in [6.07, 6.45) is -40.5. The molecule has 0 aliphatic carbocycles. The molecule has 0 atom stereocenters. The summed E-state index contributed by atoms with van der Waals surface area (Å²) >= 11 is 0. The molecular formula is C48H24F51OP. The number of hydrogen-bond acceptors (Lipinski definition) is 1. The van der Waals surface area contributed by atoms with E-state index in [1.807, 2.05) is 0 Å². The smallest absolute Gasteiger partial charge is 0.309 e. The monoisotopic (exact) mass is 1620 g/mol. The predicted molar refractivity (Wildman–Crippen MR) is 233 cm³/mol.